The smallest absolute Gasteiger partial charge is 0.237 e. The third-order valence-electron chi connectivity index (χ3n) is 3.00. The lowest BCUT2D eigenvalue weighted by Gasteiger charge is -2.22. The van der Waals surface area contributed by atoms with Crippen molar-refractivity contribution in [3.8, 4) is 0 Å². The van der Waals surface area contributed by atoms with Crippen molar-refractivity contribution in [2.75, 3.05) is 37.0 Å². The maximum atomic E-state index is 12.8. The minimum Gasteiger partial charge on any atom is -0.355 e. The van der Waals surface area contributed by atoms with Crippen LogP contribution >= 0.6 is 11.6 Å². The summed E-state index contributed by atoms with van der Waals surface area (Å²) in [5.74, 6) is 0.393. The number of hydrogen-bond acceptors (Lipinski definition) is 3. The van der Waals surface area contributed by atoms with Crippen LogP contribution in [-0.4, -0.2) is 47.9 Å². The molecule has 0 radical (unpaired) electrons. The molecule has 1 aromatic rings. The van der Waals surface area contributed by atoms with Crippen molar-refractivity contribution in [2.45, 2.75) is 6.42 Å². The molecular weight excluding hydrogens is 257 g/mol. The minimum atomic E-state index is -0.340. The molecular formula is C12H15ClFN3O. The van der Waals surface area contributed by atoms with Crippen LogP contribution in [0.5, 0.6) is 0 Å². The molecule has 18 heavy (non-hydrogen) atoms. The number of rotatable bonds is 2. The molecule has 1 aromatic heterocycles. The molecule has 0 unspecified atom stereocenters. The molecule has 1 saturated heterocycles. The molecule has 1 amide bonds. The van der Waals surface area contributed by atoms with Crippen molar-refractivity contribution in [3.63, 3.8) is 0 Å². The zero-order valence-electron chi connectivity index (χ0n) is 9.98. The van der Waals surface area contributed by atoms with E-state index in [9.17, 15) is 9.18 Å². The number of amides is 1. The van der Waals surface area contributed by atoms with Crippen molar-refractivity contribution in [1.82, 2.24) is 9.88 Å². The summed E-state index contributed by atoms with van der Waals surface area (Å²) in [5, 5.41) is 0. The van der Waals surface area contributed by atoms with Crippen LogP contribution in [0, 0.1) is 5.82 Å². The van der Waals surface area contributed by atoms with Gasteiger partial charge in [-0.3, -0.25) is 4.79 Å². The Labute approximate surface area is 110 Å². The van der Waals surface area contributed by atoms with Crippen LogP contribution in [0.3, 0.4) is 0 Å². The van der Waals surface area contributed by atoms with Gasteiger partial charge < -0.3 is 9.80 Å². The Balaban J connectivity index is 2.00. The van der Waals surface area contributed by atoms with Crippen LogP contribution in [0.2, 0.25) is 0 Å². The van der Waals surface area contributed by atoms with E-state index in [4.69, 9.17) is 11.6 Å². The van der Waals surface area contributed by atoms with Gasteiger partial charge in [0.2, 0.25) is 5.91 Å². The van der Waals surface area contributed by atoms with Gasteiger partial charge in [0.25, 0.3) is 0 Å². The van der Waals surface area contributed by atoms with E-state index in [2.05, 4.69) is 9.88 Å². The molecule has 0 aromatic carbocycles. The Kier molecular flexibility index (Phi) is 4.36. The minimum absolute atomic E-state index is 0.0226. The molecule has 2 heterocycles. The molecule has 4 nitrogen and oxygen atoms in total. The largest absolute Gasteiger partial charge is 0.355 e. The highest BCUT2D eigenvalue weighted by Gasteiger charge is 2.18. The van der Waals surface area contributed by atoms with E-state index in [1.54, 1.807) is 11.0 Å². The van der Waals surface area contributed by atoms with Gasteiger partial charge in [0.15, 0.2) is 0 Å². The highest BCUT2D eigenvalue weighted by Crippen LogP contribution is 2.14. The number of carbonyl (C=O) groups is 1. The van der Waals surface area contributed by atoms with Gasteiger partial charge in [-0.25, -0.2) is 9.37 Å². The first-order chi connectivity index (χ1) is 8.70. The highest BCUT2D eigenvalue weighted by molar-refractivity contribution is 6.27. The number of carbonyl (C=O) groups excluding carboxylic acids is 1. The first-order valence-electron chi connectivity index (χ1n) is 5.91. The summed E-state index contributed by atoms with van der Waals surface area (Å²) in [4.78, 5) is 19.4. The van der Waals surface area contributed by atoms with Gasteiger partial charge in [-0.15, -0.1) is 11.6 Å². The van der Waals surface area contributed by atoms with Crippen molar-refractivity contribution in [2.24, 2.45) is 0 Å². The molecule has 2 rings (SSSR count). The van der Waals surface area contributed by atoms with Crippen LogP contribution < -0.4 is 4.90 Å². The summed E-state index contributed by atoms with van der Waals surface area (Å²) in [6.45, 7) is 2.85. The number of hydrogen-bond donors (Lipinski definition) is 0. The zero-order chi connectivity index (χ0) is 13.0. The molecule has 0 atom stereocenters. The fourth-order valence-electron chi connectivity index (χ4n) is 2.04. The predicted octanol–water partition coefficient (Wildman–Crippen LogP) is 1.50. The average molecular weight is 272 g/mol. The van der Waals surface area contributed by atoms with Crippen molar-refractivity contribution in [1.29, 1.82) is 0 Å². The molecule has 0 saturated carbocycles. The predicted molar refractivity (Wildman–Crippen MR) is 68.3 cm³/mol. The molecule has 98 valence electrons. The van der Waals surface area contributed by atoms with Crippen molar-refractivity contribution in [3.05, 3.63) is 24.1 Å². The molecule has 0 N–H and O–H groups in total. The summed E-state index contributed by atoms with van der Waals surface area (Å²) in [6.07, 6.45) is 2.07. The average Bonchev–Trinajstić information content (AvgIpc) is 2.64. The van der Waals surface area contributed by atoms with Crippen LogP contribution in [-0.2, 0) is 4.79 Å². The molecule has 0 aliphatic carbocycles. The second-order valence-corrected chi connectivity index (χ2v) is 4.46. The lowest BCUT2D eigenvalue weighted by molar-refractivity contribution is -0.128. The van der Waals surface area contributed by atoms with Gasteiger partial charge in [-0.05, 0) is 18.6 Å². The second-order valence-electron chi connectivity index (χ2n) is 4.19. The van der Waals surface area contributed by atoms with E-state index in [1.807, 2.05) is 0 Å². The van der Waals surface area contributed by atoms with Gasteiger partial charge in [0.1, 0.15) is 17.5 Å². The first-order valence-corrected chi connectivity index (χ1v) is 6.44. The number of alkyl halides is 1. The van der Waals surface area contributed by atoms with E-state index >= 15 is 0 Å². The molecule has 6 heteroatoms. The maximum absolute atomic E-state index is 12.8. The molecule has 1 aliphatic heterocycles. The van der Waals surface area contributed by atoms with E-state index in [-0.39, 0.29) is 17.6 Å². The summed E-state index contributed by atoms with van der Waals surface area (Å²) in [6, 6.07) is 3.06. The molecule has 1 aliphatic rings. The number of nitrogens with zero attached hydrogens (tertiary/aromatic N) is 3. The normalized spacial score (nSPS) is 16.6. The zero-order valence-corrected chi connectivity index (χ0v) is 10.7. The molecule has 1 fully saturated rings. The van der Waals surface area contributed by atoms with Gasteiger partial charge in [0, 0.05) is 26.2 Å². The van der Waals surface area contributed by atoms with E-state index < -0.39 is 0 Å². The van der Waals surface area contributed by atoms with Crippen LogP contribution in [0.25, 0.3) is 0 Å². The van der Waals surface area contributed by atoms with Gasteiger partial charge in [-0.2, -0.15) is 0 Å². The van der Waals surface area contributed by atoms with Gasteiger partial charge >= 0.3 is 0 Å². The van der Waals surface area contributed by atoms with Crippen LogP contribution in [0.15, 0.2) is 18.3 Å². The van der Waals surface area contributed by atoms with Crippen molar-refractivity contribution < 1.29 is 9.18 Å². The molecule has 0 spiro atoms. The Morgan fingerprint density at radius 2 is 2.17 bits per heavy atom. The van der Waals surface area contributed by atoms with E-state index in [0.29, 0.717) is 19.6 Å². The third kappa shape index (κ3) is 3.10. The van der Waals surface area contributed by atoms with Crippen LogP contribution in [0.4, 0.5) is 10.2 Å². The Morgan fingerprint density at radius 3 is 2.83 bits per heavy atom. The Bertz CT molecular complexity index is 412. The number of anilines is 1. The summed E-state index contributed by atoms with van der Waals surface area (Å²) >= 11 is 5.55. The Morgan fingerprint density at radius 1 is 1.33 bits per heavy atom. The highest BCUT2D eigenvalue weighted by atomic mass is 35.5. The monoisotopic (exact) mass is 271 g/mol. The maximum Gasteiger partial charge on any atom is 0.237 e. The van der Waals surface area contributed by atoms with Crippen molar-refractivity contribution >= 4 is 23.3 Å². The van der Waals surface area contributed by atoms with E-state index in [0.717, 1.165) is 18.8 Å². The van der Waals surface area contributed by atoms with Crippen LogP contribution in [0.1, 0.15) is 6.42 Å². The summed E-state index contributed by atoms with van der Waals surface area (Å²) < 4.78 is 12.8. The lowest BCUT2D eigenvalue weighted by atomic mass is 10.3. The quantitative estimate of drug-likeness (QED) is 0.765. The fraction of sp³-hybridized carbons (Fsp3) is 0.500. The fourth-order valence-corrected chi connectivity index (χ4v) is 2.20. The standard InChI is InChI=1S/C12H15ClFN3O/c13-8-12(18)17-5-1-4-16(6-7-17)11-3-2-10(14)9-15-11/h2-3,9H,1,4-8H2. The molecule has 0 bridgehead atoms. The first kappa shape index (κ1) is 13.1. The number of pyridine rings is 1. The third-order valence-corrected chi connectivity index (χ3v) is 3.23. The van der Waals surface area contributed by atoms with Gasteiger partial charge in [0.05, 0.1) is 6.20 Å². The number of halogens is 2. The number of aromatic nitrogens is 1. The van der Waals surface area contributed by atoms with Gasteiger partial charge in [-0.1, -0.05) is 0 Å². The SMILES string of the molecule is O=C(CCl)N1CCCN(c2ccc(F)cn2)CC1. The topological polar surface area (TPSA) is 36.4 Å². The van der Waals surface area contributed by atoms with E-state index in [1.165, 1.54) is 12.3 Å². The Hall–Kier alpha value is -1.36. The second kappa shape index (κ2) is 6.00. The summed E-state index contributed by atoms with van der Waals surface area (Å²) in [5.41, 5.74) is 0. The lowest BCUT2D eigenvalue weighted by Crippen LogP contribution is -2.36. The summed E-state index contributed by atoms with van der Waals surface area (Å²) in [7, 11) is 0.